The number of rotatable bonds is 5. The molecule has 0 unspecified atom stereocenters. The Hall–Kier alpha value is -7.05. The van der Waals surface area contributed by atoms with Crippen LogP contribution in [0.5, 0.6) is 5.75 Å². The van der Waals surface area contributed by atoms with E-state index in [0.717, 1.165) is 55.6 Å². The van der Waals surface area contributed by atoms with Crippen molar-refractivity contribution in [1.29, 1.82) is 0 Å². The molecule has 0 saturated heterocycles. The molecule has 0 aliphatic heterocycles. The lowest BCUT2D eigenvalue weighted by Gasteiger charge is -2.32. The van der Waals surface area contributed by atoms with E-state index in [-0.39, 0.29) is 5.75 Å². The van der Waals surface area contributed by atoms with E-state index < -0.39 is 11.8 Å². The minimum Gasteiger partial charge on any atom is -0.455 e. The summed E-state index contributed by atoms with van der Waals surface area (Å²) in [6, 6.07) is 61.0. The summed E-state index contributed by atoms with van der Waals surface area (Å²) < 4.78 is 50.3. The predicted octanol–water partition coefficient (Wildman–Crippen LogP) is 14.0. The van der Waals surface area contributed by atoms with Crippen molar-refractivity contribution in [2.24, 2.45) is 0 Å². The zero-order chi connectivity index (χ0) is 37.6. The molecule has 0 radical (unpaired) electrons. The van der Waals surface area contributed by atoms with E-state index in [1.54, 1.807) is 12.1 Å². The molecule has 2 aliphatic carbocycles. The number of hydrogen-bond acceptors (Lipinski definition) is 3. The molecule has 1 heterocycles. The van der Waals surface area contributed by atoms with E-state index >= 15 is 0 Å². The summed E-state index contributed by atoms with van der Waals surface area (Å²) in [4.78, 5) is 2.09. The SMILES string of the molecule is FC(F)(F)Oc1ccc(N(c2ccc(-c3cccc4c3oc3ccccc34)cc2)c2ccc3c(c2)C2(c4ccccc4-c4ccccc42)c2ccccc2-3)cc1. The maximum atomic E-state index is 13.2. The van der Waals surface area contributed by atoms with E-state index in [9.17, 15) is 13.2 Å². The van der Waals surface area contributed by atoms with Crippen molar-refractivity contribution in [2.75, 3.05) is 4.90 Å². The molecular weight excluding hydrogens is 704 g/mol. The van der Waals surface area contributed by atoms with Gasteiger partial charge in [0, 0.05) is 33.4 Å². The molecule has 2 aliphatic rings. The van der Waals surface area contributed by atoms with Gasteiger partial charge in [0.15, 0.2) is 0 Å². The molecule has 6 heteroatoms. The molecule has 0 fully saturated rings. The number of ether oxygens (including phenoxy) is 1. The standard InChI is InChI=1S/C50H30F3NO2/c51-50(52,53)56-35-27-24-33(25-28-35)54(32-22-20-31(21-23-32)36-14-9-15-42-41-13-4-8-19-47(41)55-48(36)42)34-26-29-40-39-12-3-7-18-45(39)49(46(40)30-34)43-16-5-1-10-37(43)38-11-2-6-17-44(38)49/h1-30H. The van der Waals surface area contributed by atoms with Gasteiger partial charge >= 0.3 is 6.36 Å². The van der Waals surface area contributed by atoms with Crippen molar-refractivity contribution in [3.05, 3.63) is 204 Å². The fraction of sp³-hybridized carbons (Fsp3) is 0.0400. The molecule has 0 bridgehead atoms. The van der Waals surface area contributed by atoms with E-state index in [2.05, 4.69) is 143 Å². The van der Waals surface area contributed by atoms with Crippen LogP contribution in [0.3, 0.4) is 0 Å². The molecule has 1 spiro atoms. The van der Waals surface area contributed by atoms with Crippen LogP contribution in [0.4, 0.5) is 30.2 Å². The summed E-state index contributed by atoms with van der Waals surface area (Å²) in [6.45, 7) is 0. The largest absolute Gasteiger partial charge is 0.573 e. The smallest absolute Gasteiger partial charge is 0.455 e. The summed E-state index contributed by atoms with van der Waals surface area (Å²) in [7, 11) is 0. The Labute approximate surface area is 320 Å². The normalized spacial score (nSPS) is 13.4. The van der Waals surface area contributed by atoms with Crippen molar-refractivity contribution < 1.29 is 22.3 Å². The highest BCUT2D eigenvalue weighted by atomic mass is 19.4. The second-order valence-corrected chi connectivity index (χ2v) is 14.3. The number of hydrogen-bond donors (Lipinski definition) is 0. The third-order valence-electron chi connectivity index (χ3n) is 11.4. The Balaban J connectivity index is 1.09. The van der Waals surface area contributed by atoms with Crippen LogP contribution in [0.1, 0.15) is 22.3 Å². The molecule has 0 saturated carbocycles. The van der Waals surface area contributed by atoms with Gasteiger partial charge in [-0.3, -0.25) is 0 Å². The van der Waals surface area contributed by atoms with Gasteiger partial charge in [-0.15, -0.1) is 13.2 Å². The molecule has 56 heavy (non-hydrogen) atoms. The first-order chi connectivity index (χ1) is 27.4. The first-order valence-electron chi connectivity index (χ1n) is 18.5. The van der Waals surface area contributed by atoms with Gasteiger partial charge in [-0.1, -0.05) is 127 Å². The summed E-state index contributed by atoms with van der Waals surface area (Å²) in [5.74, 6) is -0.280. The lowest BCUT2D eigenvalue weighted by Crippen LogP contribution is -2.26. The molecule has 8 aromatic carbocycles. The molecule has 0 atom stereocenters. The van der Waals surface area contributed by atoms with Crippen molar-refractivity contribution in [2.45, 2.75) is 11.8 Å². The highest BCUT2D eigenvalue weighted by Gasteiger charge is 2.51. The number of alkyl halides is 3. The van der Waals surface area contributed by atoms with Gasteiger partial charge in [0.1, 0.15) is 16.9 Å². The van der Waals surface area contributed by atoms with Crippen LogP contribution in [0.15, 0.2) is 186 Å². The van der Waals surface area contributed by atoms with E-state index in [4.69, 9.17) is 4.42 Å². The van der Waals surface area contributed by atoms with Gasteiger partial charge in [0.05, 0.1) is 5.41 Å². The Morgan fingerprint density at radius 2 is 0.946 bits per heavy atom. The number of furan rings is 1. The summed E-state index contributed by atoms with van der Waals surface area (Å²) in [6.07, 6.45) is -4.79. The van der Waals surface area contributed by atoms with Crippen LogP contribution in [0.25, 0.3) is 55.3 Å². The van der Waals surface area contributed by atoms with Crippen LogP contribution in [-0.2, 0) is 5.41 Å². The quantitative estimate of drug-likeness (QED) is 0.176. The number of anilines is 3. The summed E-state index contributed by atoms with van der Waals surface area (Å²) in [5.41, 5.74) is 15.1. The number of halogens is 3. The van der Waals surface area contributed by atoms with Crippen molar-refractivity contribution in [1.82, 2.24) is 0 Å². The van der Waals surface area contributed by atoms with Crippen molar-refractivity contribution >= 4 is 39.0 Å². The van der Waals surface area contributed by atoms with Gasteiger partial charge in [0.2, 0.25) is 0 Å². The van der Waals surface area contributed by atoms with Gasteiger partial charge < -0.3 is 14.1 Å². The van der Waals surface area contributed by atoms with E-state index in [1.807, 2.05) is 24.3 Å². The molecule has 11 rings (SSSR count). The van der Waals surface area contributed by atoms with Gasteiger partial charge in [-0.25, -0.2) is 0 Å². The molecule has 0 amide bonds. The van der Waals surface area contributed by atoms with Crippen LogP contribution in [0.2, 0.25) is 0 Å². The molecule has 1 aromatic heterocycles. The maximum Gasteiger partial charge on any atom is 0.573 e. The minimum atomic E-state index is -4.79. The highest BCUT2D eigenvalue weighted by molar-refractivity contribution is 6.09. The predicted molar refractivity (Wildman–Crippen MR) is 217 cm³/mol. The van der Waals surface area contributed by atoms with Crippen LogP contribution < -0.4 is 9.64 Å². The van der Waals surface area contributed by atoms with Gasteiger partial charge in [-0.05, 0) is 105 Å². The zero-order valence-corrected chi connectivity index (χ0v) is 29.7. The summed E-state index contributed by atoms with van der Waals surface area (Å²) in [5, 5.41) is 2.11. The average molecular weight is 734 g/mol. The monoisotopic (exact) mass is 733 g/mol. The maximum absolute atomic E-state index is 13.2. The lowest BCUT2D eigenvalue weighted by molar-refractivity contribution is -0.274. The van der Waals surface area contributed by atoms with Crippen molar-refractivity contribution in [3.8, 4) is 39.1 Å². The molecule has 3 nitrogen and oxygen atoms in total. The number of benzene rings is 8. The average Bonchev–Trinajstić information content (AvgIpc) is 3.86. The van der Waals surface area contributed by atoms with E-state index in [1.165, 1.54) is 45.5 Å². The molecule has 268 valence electrons. The van der Waals surface area contributed by atoms with Gasteiger partial charge in [0.25, 0.3) is 0 Å². The first kappa shape index (κ1) is 32.4. The number of nitrogens with zero attached hydrogens (tertiary/aromatic N) is 1. The van der Waals surface area contributed by atoms with Gasteiger partial charge in [-0.2, -0.15) is 0 Å². The third-order valence-corrected chi connectivity index (χ3v) is 11.4. The van der Waals surface area contributed by atoms with Crippen LogP contribution in [0, 0.1) is 0 Å². The minimum absolute atomic E-state index is 0.280. The zero-order valence-electron chi connectivity index (χ0n) is 29.7. The number of fused-ring (bicyclic) bond motifs is 13. The van der Waals surface area contributed by atoms with Crippen LogP contribution in [-0.4, -0.2) is 6.36 Å². The number of para-hydroxylation sites is 2. The molecule has 9 aromatic rings. The molecular formula is C50H30F3NO2. The Morgan fingerprint density at radius 3 is 1.57 bits per heavy atom. The Bertz CT molecular complexity index is 2930. The summed E-state index contributed by atoms with van der Waals surface area (Å²) >= 11 is 0. The first-order valence-corrected chi connectivity index (χ1v) is 18.5. The lowest BCUT2D eigenvalue weighted by atomic mass is 9.70. The van der Waals surface area contributed by atoms with Crippen LogP contribution >= 0.6 is 0 Å². The van der Waals surface area contributed by atoms with Crippen molar-refractivity contribution in [3.63, 3.8) is 0 Å². The second-order valence-electron chi connectivity index (χ2n) is 14.3. The fourth-order valence-electron chi connectivity index (χ4n) is 9.23. The Morgan fingerprint density at radius 1 is 0.446 bits per heavy atom. The molecule has 0 N–H and O–H groups in total. The third kappa shape index (κ3) is 4.72. The fourth-order valence-corrected chi connectivity index (χ4v) is 9.23. The highest BCUT2D eigenvalue weighted by Crippen LogP contribution is 2.63. The topological polar surface area (TPSA) is 25.6 Å². The van der Waals surface area contributed by atoms with E-state index in [0.29, 0.717) is 5.69 Å². The second kappa shape index (κ2) is 12.0. The Kier molecular flexibility index (Phi) is 6.93.